The lowest BCUT2D eigenvalue weighted by molar-refractivity contribution is -0.114. The molecule has 8 nitrogen and oxygen atoms in total. The maximum absolute atomic E-state index is 13.3. The first-order chi connectivity index (χ1) is 17.2. The minimum absolute atomic E-state index is 0.0533. The second kappa shape index (κ2) is 10.4. The minimum Gasteiger partial charge on any atom is -0.497 e. The Morgan fingerprint density at radius 2 is 1.53 bits per heavy atom. The first-order valence-corrected chi connectivity index (χ1v) is 13.1. The number of hydrogen-bond donors (Lipinski definition) is 1. The zero-order valence-electron chi connectivity index (χ0n) is 20.5. The van der Waals surface area contributed by atoms with E-state index < -0.39 is 15.7 Å². The molecule has 1 N–H and O–H groups in total. The average Bonchev–Trinajstić information content (AvgIpc) is 2.88. The molecule has 2 amide bonds. The van der Waals surface area contributed by atoms with Crippen LogP contribution >= 0.6 is 0 Å². The highest BCUT2D eigenvalue weighted by atomic mass is 32.2. The third kappa shape index (κ3) is 5.36. The molecule has 3 aromatic rings. The Kier molecular flexibility index (Phi) is 7.30. The maximum Gasteiger partial charge on any atom is 0.254 e. The largest absolute Gasteiger partial charge is 0.497 e. The van der Waals surface area contributed by atoms with Crippen LogP contribution in [0, 0.1) is 6.92 Å². The summed E-state index contributed by atoms with van der Waals surface area (Å²) in [7, 11) is -2.27. The van der Waals surface area contributed by atoms with E-state index in [2.05, 4.69) is 10.2 Å². The van der Waals surface area contributed by atoms with Crippen molar-refractivity contribution in [2.45, 2.75) is 23.6 Å². The molecule has 1 heterocycles. The van der Waals surface area contributed by atoms with Gasteiger partial charge in [0.05, 0.1) is 22.6 Å². The molecule has 1 aliphatic rings. The second-order valence-corrected chi connectivity index (χ2v) is 10.6. The van der Waals surface area contributed by atoms with Crippen LogP contribution in [0.25, 0.3) is 0 Å². The molecule has 0 unspecified atom stereocenters. The van der Waals surface area contributed by atoms with Gasteiger partial charge in [-0.05, 0) is 61.5 Å². The van der Waals surface area contributed by atoms with Crippen molar-refractivity contribution >= 4 is 33.0 Å². The molecule has 4 rings (SSSR count). The number of aryl methyl sites for hydroxylation is 1. The van der Waals surface area contributed by atoms with Crippen molar-refractivity contribution in [2.24, 2.45) is 0 Å². The van der Waals surface area contributed by atoms with Crippen LogP contribution in [0.2, 0.25) is 0 Å². The van der Waals surface area contributed by atoms with E-state index in [-0.39, 0.29) is 21.4 Å². The number of nitrogens with zero attached hydrogens (tertiary/aromatic N) is 2. The number of methoxy groups -OCH3 is 1. The highest BCUT2D eigenvalue weighted by Crippen LogP contribution is 2.30. The normalized spacial score (nSPS) is 13.9. The second-order valence-electron chi connectivity index (χ2n) is 8.69. The molecule has 1 fully saturated rings. The summed E-state index contributed by atoms with van der Waals surface area (Å²) in [6.07, 6.45) is 0. The summed E-state index contributed by atoms with van der Waals surface area (Å²) >= 11 is 0. The Morgan fingerprint density at radius 1 is 0.889 bits per heavy atom. The number of rotatable bonds is 6. The minimum atomic E-state index is -3.90. The van der Waals surface area contributed by atoms with Crippen molar-refractivity contribution in [1.82, 2.24) is 4.90 Å². The van der Waals surface area contributed by atoms with Gasteiger partial charge in [0.15, 0.2) is 0 Å². The number of anilines is 2. The molecule has 1 aliphatic heterocycles. The van der Waals surface area contributed by atoms with Crippen LogP contribution in [-0.4, -0.2) is 58.4 Å². The van der Waals surface area contributed by atoms with Gasteiger partial charge in [0.25, 0.3) is 5.91 Å². The number of ether oxygens (including phenoxy) is 1. The quantitative estimate of drug-likeness (QED) is 0.546. The Bertz CT molecular complexity index is 1360. The van der Waals surface area contributed by atoms with E-state index in [9.17, 15) is 18.0 Å². The van der Waals surface area contributed by atoms with Crippen molar-refractivity contribution in [1.29, 1.82) is 0 Å². The molecule has 1 saturated heterocycles. The van der Waals surface area contributed by atoms with Gasteiger partial charge in [-0.15, -0.1) is 0 Å². The Balaban J connectivity index is 1.54. The summed E-state index contributed by atoms with van der Waals surface area (Å²) in [5, 5.41) is 2.59. The molecule has 0 aromatic heterocycles. The van der Waals surface area contributed by atoms with Crippen LogP contribution in [0.3, 0.4) is 0 Å². The highest BCUT2D eigenvalue weighted by molar-refractivity contribution is 7.91. The molecule has 36 heavy (non-hydrogen) atoms. The monoisotopic (exact) mass is 507 g/mol. The van der Waals surface area contributed by atoms with Crippen LogP contribution in [0.5, 0.6) is 5.75 Å². The third-order valence-electron chi connectivity index (χ3n) is 6.16. The number of piperazine rings is 1. The van der Waals surface area contributed by atoms with Gasteiger partial charge in [0.2, 0.25) is 15.7 Å². The summed E-state index contributed by atoms with van der Waals surface area (Å²) in [5.74, 6) is 0.152. The van der Waals surface area contributed by atoms with Gasteiger partial charge in [-0.1, -0.05) is 17.7 Å². The fraction of sp³-hybridized carbons (Fsp3) is 0.259. The molecule has 0 radical (unpaired) electrons. The number of benzene rings is 3. The fourth-order valence-electron chi connectivity index (χ4n) is 4.17. The van der Waals surface area contributed by atoms with Crippen molar-refractivity contribution in [3.05, 3.63) is 77.9 Å². The number of carbonyl (C=O) groups excluding carboxylic acids is 2. The zero-order valence-corrected chi connectivity index (χ0v) is 21.3. The average molecular weight is 508 g/mol. The number of sulfone groups is 1. The molecule has 188 valence electrons. The summed E-state index contributed by atoms with van der Waals surface area (Å²) in [4.78, 5) is 29.1. The first kappa shape index (κ1) is 25.2. The lowest BCUT2D eigenvalue weighted by atomic mass is 10.1. The molecule has 0 spiro atoms. The highest BCUT2D eigenvalue weighted by Gasteiger charge is 2.26. The van der Waals surface area contributed by atoms with E-state index >= 15 is 0 Å². The van der Waals surface area contributed by atoms with Crippen molar-refractivity contribution in [2.75, 3.05) is 43.5 Å². The van der Waals surface area contributed by atoms with Gasteiger partial charge in [-0.3, -0.25) is 9.59 Å². The van der Waals surface area contributed by atoms with Gasteiger partial charge in [-0.2, -0.15) is 0 Å². The van der Waals surface area contributed by atoms with E-state index in [1.165, 1.54) is 37.3 Å². The summed E-state index contributed by atoms with van der Waals surface area (Å²) in [6, 6.07) is 18.6. The molecular weight excluding hydrogens is 478 g/mol. The summed E-state index contributed by atoms with van der Waals surface area (Å²) in [6.45, 7) is 5.53. The van der Waals surface area contributed by atoms with E-state index in [0.717, 1.165) is 17.0 Å². The Labute approximate surface area is 211 Å². The summed E-state index contributed by atoms with van der Waals surface area (Å²) in [5.41, 5.74) is 2.40. The maximum atomic E-state index is 13.3. The zero-order chi connectivity index (χ0) is 25.9. The molecule has 0 saturated carbocycles. The van der Waals surface area contributed by atoms with Crippen LogP contribution in [0.1, 0.15) is 22.8 Å². The van der Waals surface area contributed by atoms with Crippen molar-refractivity contribution in [3.8, 4) is 5.75 Å². The molecule has 3 aromatic carbocycles. The van der Waals surface area contributed by atoms with Crippen molar-refractivity contribution in [3.63, 3.8) is 0 Å². The predicted molar refractivity (Wildman–Crippen MR) is 138 cm³/mol. The van der Waals surface area contributed by atoms with Crippen LogP contribution in [0.4, 0.5) is 11.4 Å². The predicted octanol–water partition coefficient (Wildman–Crippen LogP) is 3.76. The molecule has 0 aliphatic carbocycles. The van der Waals surface area contributed by atoms with Gasteiger partial charge >= 0.3 is 0 Å². The lowest BCUT2D eigenvalue weighted by Crippen LogP contribution is -2.48. The van der Waals surface area contributed by atoms with E-state index in [1.807, 2.05) is 31.2 Å². The molecular formula is C27H29N3O5S. The van der Waals surface area contributed by atoms with Crippen molar-refractivity contribution < 1.29 is 22.7 Å². The van der Waals surface area contributed by atoms with E-state index in [1.54, 1.807) is 24.1 Å². The van der Waals surface area contributed by atoms with Crippen LogP contribution in [-0.2, 0) is 14.6 Å². The number of amides is 2. The topological polar surface area (TPSA) is 96.0 Å². The van der Waals surface area contributed by atoms with Gasteiger partial charge in [0.1, 0.15) is 5.75 Å². The summed E-state index contributed by atoms with van der Waals surface area (Å²) < 4.78 is 31.8. The number of carbonyl (C=O) groups is 2. The first-order valence-electron chi connectivity index (χ1n) is 11.6. The Morgan fingerprint density at radius 3 is 2.11 bits per heavy atom. The smallest absolute Gasteiger partial charge is 0.254 e. The van der Waals surface area contributed by atoms with Gasteiger partial charge in [-0.25, -0.2) is 8.42 Å². The number of nitrogens with one attached hydrogen (secondary N) is 1. The fourth-order valence-corrected chi connectivity index (χ4v) is 5.57. The molecule has 0 atom stereocenters. The molecule has 0 bridgehead atoms. The Hall–Kier alpha value is -3.85. The lowest BCUT2D eigenvalue weighted by Gasteiger charge is -2.36. The third-order valence-corrected chi connectivity index (χ3v) is 7.99. The van der Waals surface area contributed by atoms with Gasteiger partial charge < -0.3 is 19.9 Å². The van der Waals surface area contributed by atoms with E-state index in [0.29, 0.717) is 31.7 Å². The van der Waals surface area contributed by atoms with Gasteiger partial charge in [0, 0.05) is 44.4 Å². The van der Waals surface area contributed by atoms with Crippen LogP contribution in [0.15, 0.2) is 76.5 Å². The SMILES string of the molecule is COc1ccc(N2CCN(C(=O)c3ccc(S(=O)(=O)c4ccc(C)cc4)c(NC(C)=O)c3)CC2)cc1. The number of hydrogen-bond acceptors (Lipinski definition) is 6. The van der Waals surface area contributed by atoms with Crippen LogP contribution < -0.4 is 15.0 Å². The molecule has 9 heteroatoms. The van der Waals surface area contributed by atoms with E-state index in [4.69, 9.17) is 4.74 Å². The standard InChI is InChI=1S/C27H29N3O5S/c1-19-4-11-24(12-5-19)36(33,34)26-13-6-21(18-25(26)28-20(2)31)27(32)30-16-14-29(15-17-30)22-7-9-23(35-3)10-8-22/h4-13,18H,14-17H2,1-3H3,(H,28,31).